The highest BCUT2D eigenvalue weighted by Crippen LogP contribution is 2.34. The summed E-state index contributed by atoms with van der Waals surface area (Å²) >= 11 is 13.7. The van der Waals surface area contributed by atoms with Crippen molar-refractivity contribution in [2.45, 2.75) is 12.5 Å². The van der Waals surface area contributed by atoms with E-state index in [1.165, 1.54) is 23.7 Å². The molecule has 3 heterocycles. The molecular weight excluding hydrogens is 543 g/mol. The molecule has 0 radical (unpaired) electrons. The van der Waals surface area contributed by atoms with Crippen LogP contribution in [0.15, 0.2) is 91.3 Å². The zero-order chi connectivity index (χ0) is 26.6. The highest BCUT2D eigenvalue weighted by Gasteiger charge is 2.20. The van der Waals surface area contributed by atoms with Gasteiger partial charge in [-0.1, -0.05) is 53.5 Å². The van der Waals surface area contributed by atoms with Crippen molar-refractivity contribution in [1.82, 2.24) is 15.1 Å². The maximum Gasteiger partial charge on any atom is 0.261 e. The van der Waals surface area contributed by atoms with Gasteiger partial charge in [0.1, 0.15) is 0 Å². The summed E-state index contributed by atoms with van der Waals surface area (Å²) < 4.78 is 2.42. The van der Waals surface area contributed by atoms with E-state index in [-0.39, 0.29) is 12.5 Å². The summed E-state index contributed by atoms with van der Waals surface area (Å²) in [6, 6.07) is 23.4. The zero-order valence-electron chi connectivity index (χ0n) is 19.9. The Morgan fingerprint density at radius 3 is 2.61 bits per heavy atom. The molecule has 0 bridgehead atoms. The van der Waals surface area contributed by atoms with Crippen LogP contribution < -0.4 is 10.0 Å². The lowest BCUT2D eigenvalue weighted by Crippen LogP contribution is -2.38. The first kappa shape index (κ1) is 25.9. The van der Waals surface area contributed by atoms with Gasteiger partial charge in [-0.25, -0.2) is 4.68 Å². The lowest BCUT2D eigenvalue weighted by Gasteiger charge is -2.15. The summed E-state index contributed by atoms with van der Waals surface area (Å²) in [5.74, 6) is -0.271. The molecule has 0 aliphatic rings. The quantitative estimate of drug-likeness (QED) is 0.191. The van der Waals surface area contributed by atoms with Crippen LogP contribution in [0.1, 0.15) is 15.2 Å². The van der Waals surface area contributed by atoms with E-state index >= 15 is 0 Å². The topological polar surface area (TPSA) is 94.1 Å². The van der Waals surface area contributed by atoms with E-state index < -0.39 is 6.04 Å². The fourth-order valence-electron chi connectivity index (χ4n) is 4.03. The van der Waals surface area contributed by atoms with Gasteiger partial charge in [0.15, 0.2) is 12.4 Å². The molecule has 0 fully saturated rings. The van der Waals surface area contributed by atoms with Crippen LogP contribution in [0.25, 0.3) is 27.5 Å². The van der Waals surface area contributed by atoms with Gasteiger partial charge in [-0.2, -0.15) is 9.83 Å². The van der Waals surface area contributed by atoms with E-state index in [2.05, 4.69) is 5.32 Å². The molecule has 38 heavy (non-hydrogen) atoms. The van der Waals surface area contributed by atoms with Crippen LogP contribution in [-0.4, -0.2) is 33.4 Å². The van der Waals surface area contributed by atoms with E-state index in [0.717, 1.165) is 10.4 Å². The highest BCUT2D eigenvalue weighted by atomic mass is 35.5. The molecule has 192 valence electrons. The maximum atomic E-state index is 13.0. The largest absolute Gasteiger partial charge is 0.619 e. The Morgan fingerprint density at radius 2 is 1.87 bits per heavy atom. The van der Waals surface area contributed by atoms with Crippen LogP contribution in [0.4, 0.5) is 0 Å². The minimum absolute atomic E-state index is 0.177. The molecule has 5 aromatic rings. The second-order valence-electron chi connectivity index (χ2n) is 8.58. The van der Waals surface area contributed by atoms with E-state index in [0.29, 0.717) is 48.7 Å². The van der Waals surface area contributed by atoms with Crippen molar-refractivity contribution in [3.8, 4) is 27.5 Å². The average Bonchev–Trinajstić information content (AvgIpc) is 3.58. The van der Waals surface area contributed by atoms with E-state index in [4.69, 9.17) is 28.3 Å². The number of aromatic nitrogens is 3. The molecule has 2 aromatic carbocycles. The Morgan fingerprint density at radius 1 is 1.05 bits per heavy atom. The molecule has 0 saturated heterocycles. The number of aliphatic hydroxyl groups is 1. The second kappa shape index (κ2) is 11.4. The van der Waals surface area contributed by atoms with Gasteiger partial charge in [0, 0.05) is 6.07 Å². The number of benzene rings is 2. The molecule has 1 atom stereocenters. The van der Waals surface area contributed by atoms with Gasteiger partial charge < -0.3 is 15.6 Å². The first-order valence-electron chi connectivity index (χ1n) is 11.7. The van der Waals surface area contributed by atoms with Crippen LogP contribution in [0.5, 0.6) is 0 Å². The first-order valence-corrected chi connectivity index (χ1v) is 13.3. The van der Waals surface area contributed by atoms with Gasteiger partial charge >= 0.3 is 0 Å². The lowest BCUT2D eigenvalue weighted by molar-refractivity contribution is -0.604. The summed E-state index contributed by atoms with van der Waals surface area (Å²) in [6.07, 6.45) is 3.37. The fraction of sp³-hybridized carbons (Fsp3) is 0.107. The minimum atomic E-state index is -0.416. The number of pyridine rings is 1. The summed E-state index contributed by atoms with van der Waals surface area (Å²) in [4.78, 5) is 14.3. The molecule has 0 spiro atoms. The SMILES string of the molecule is O=C(N[C@H](CO)Cc1ccccc1)c1ccc(-c2cc(-c3ccc[n+]([O-])c3)nn2-c2ccc(Cl)c(Cl)c2)s1. The van der Waals surface area contributed by atoms with Gasteiger partial charge in [-0.15, -0.1) is 11.3 Å². The summed E-state index contributed by atoms with van der Waals surface area (Å²) in [5, 5.41) is 30.2. The Bertz CT molecular complexity index is 1590. The number of halogens is 2. The smallest absolute Gasteiger partial charge is 0.261 e. The van der Waals surface area contributed by atoms with Crippen LogP contribution in [0.3, 0.4) is 0 Å². The molecule has 1 amide bonds. The number of hydrogen-bond donors (Lipinski definition) is 2. The molecule has 10 heteroatoms. The second-order valence-corrected chi connectivity index (χ2v) is 10.5. The van der Waals surface area contributed by atoms with Crippen LogP contribution >= 0.6 is 34.5 Å². The number of nitrogens with zero attached hydrogens (tertiary/aromatic N) is 3. The molecule has 0 aliphatic heterocycles. The molecule has 0 unspecified atom stereocenters. The van der Waals surface area contributed by atoms with Gasteiger partial charge in [-0.3, -0.25) is 4.79 Å². The Hall–Kier alpha value is -3.69. The van der Waals surface area contributed by atoms with Gasteiger partial charge in [-0.05, 0) is 54.4 Å². The summed E-state index contributed by atoms with van der Waals surface area (Å²) in [5.41, 5.74) is 3.64. The molecule has 3 aromatic heterocycles. The molecule has 7 nitrogen and oxygen atoms in total. The summed E-state index contributed by atoms with van der Waals surface area (Å²) in [7, 11) is 0. The zero-order valence-corrected chi connectivity index (χ0v) is 22.2. The van der Waals surface area contributed by atoms with E-state index in [1.54, 1.807) is 41.1 Å². The van der Waals surface area contributed by atoms with Crippen molar-refractivity contribution in [2.24, 2.45) is 0 Å². The monoisotopic (exact) mass is 564 g/mol. The number of aliphatic hydroxyl groups excluding tert-OH is 1. The molecule has 2 N–H and O–H groups in total. The van der Waals surface area contributed by atoms with Gasteiger partial charge in [0.25, 0.3) is 5.91 Å². The highest BCUT2D eigenvalue weighted by molar-refractivity contribution is 7.17. The van der Waals surface area contributed by atoms with Crippen molar-refractivity contribution < 1.29 is 14.6 Å². The third kappa shape index (κ3) is 5.74. The standard InChI is InChI=1S/C28H22Cl2N4O3S/c29-22-9-8-21(14-23(22)30)34-25(15-24(32-34)19-7-4-12-33(37)16-19)26-10-11-27(38-26)28(36)31-20(17-35)13-18-5-2-1-3-6-18/h1-12,14-16,20,35H,13,17H2,(H,31,36)/t20-/m0/s1. The van der Waals surface area contributed by atoms with E-state index in [9.17, 15) is 15.1 Å². The number of rotatable bonds is 8. The minimum Gasteiger partial charge on any atom is -0.619 e. The van der Waals surface area contributed by atoms with Crippen molar-refractivity contribution in [3.05, 3.63) is 117 Å². The average molecular weight is 565 g/mol. The predicted molar refractivity (Wildman–Crippen MR) is 150 cm³/mol. The third-order valence-corrected chi connectivity index (χ3v) is 7.74. The number of carbonyl (C=O) groups excluding carboxylic acids is 1. The predicted octanol–water partition coefficient (Wildman–Crippen LogP) is 5.54. The molecular formula is C28H22Cl2N4O3S. The Kier molecular flexibility index (Phi) is 7.76. The van der Waals surface area contributed by atoms with Crippen LogP contribution in [-0.2, 0) is 6.42 Å². The number of hydrogen-bond acceptors (Lipinski definition) is 5. The van der Waals surface area contributed by atoms with Crippen molar-refractivity contribution in [3.63, 3.8) is 0 Å². The van der Waals surface area contributed by atoms with Crippen LogP contribution in [0.2, 0.25) is 10.0 Å². The van der Waals surface area contributed by atoms with Crippen LogP contribution in [0, 0.1) is 5.21 Å². The molecule has 0 saturated carbocycles. The third-order valence-electron chi connectivity index (χ3n) is 5.89. The van der Waals surface area contributed by atoms with Crippen molar-refractivity contribution in [2.75, 3.05) is 6.61 Å². The van der Waals surface area contributed by atoms with Crippen molar-refractivity contribution >= 4 is 40.4 Å². The lowest BCUT2D eigenvalue weighted by atomic mass is 10.1. The Labute approximate surface area is 233 Å². The van der Waals surface area contributed by atoms with Gasteiger partial charge in [0.2, 0.25) is 0 Å². The van der Waals surface area contributed by atoms with Crippen molar-refractivity contribution in [1.29, 1.82) is 0 Å². The summed E-state index contributed by atoms with van der Waals surface area (Å²) in [6.45, 7) is -0.177. The number of amides is 1. The Balaban J connectivity index is 1.46. The first-order chi connectivity index (χ1) is 18.4. The molecule has 5 rings (SSSR count). The normalized spacial score (nSPS) is 11.9. The van der Waals surface area contributed by atoms with E-state index in [1.807, 2.05) is 42.5 Å². The number of nitrogens with one attached hydrogen (secondary N) is 1. The number of carbonyl (C=O) groups is 1. The fourth-order valence-corrected chi connectivity index (χ4v) is 5.23. The maximum absolute atomic E-state index is 13.0. The molecule has 0 aliphatic carbocycles. The van der Waals surface area contributed by atoms with Gasteiger partial charge in [0.05, 0.1) is 55.1 Å². The number of thiophene rings is 1.